The van der Waals surface area contributed by atoms with Crippen LogP contribution in [0.2, 0.25) is 0 Å². The summed E-state index contributed by atoms with van der Waals surface area (Å²) in [5.41, 5.74) is 0. The molecule has 0 unspecified atom stereocenters. The molecule has 0 fully saturated rings. The molecule has 27 heavy (non-hydrogen) atoms. The van der Waals surface area contributed by atoms with E-state index in [1.807, 2.05) is 54.6 Å². The van der Waals surface area contributed by atoms with Crippen LogP contribution in [0.5, 0.6) is 0 Å². The molecule has 0 aliphatic carbocycles. The number of benzene rings is 3. The van der Waals surface area contributed by atoms with Gasteiger partial charge in [-0.2, -0.15) is 4.39 Å². The summed E-state index contributed by atoms with van der Waals surface area (Å²) < 4.78 is 18.8. The number of halogens is 1. The van der Waals surface area contributed by atoms with Crippen LogP contribution in [0, 0.1) is 0 Å². The van der Waals surface area contributed by atoms with Crippen LogP contribution in [0.3, 0.4) is 0 Å². The number of hydrogen-bond acceptors (Lipinski definition) is 2. The van der Waals surface area contributed by atoms with Gasteiger partial charge >= 0.3 is 5.97 Å². The van der Waals surface area contributed by atoms with E-state index in [1.54, 1.807) is 0 Å². The summed E-state index contributed by atoms with van der Waals surface area (Å²) >= 11 is 0. The maximum Gasteiger partial charge on any atom is 0.366 e. The molecule has 136 valence electrons. The molecule has 0 bridgehead atoms. The molecule has 0 aliphatic heterocycles. The number of carbonyl (C=O) groups excluding carboxylic acids is 1. The van der Waals surface area contributed by atoms with Crippen LogP contribution in [0.1, 0.15) is 0 Å². The van der Waals surface area contributed by atoms with Crippen LogP contribution in [0.15, 0.2) is 103 Å². The highest BCUT2D eigenvalue weighted by molar-refractivity contribution is 7.95. The van der Waals surface area contributed by atoms with Crippen LogP contribution in [0.4, 0.5) is 4.39 Å². The first-order valence-corrected chi connectivity index (χ1v) is 10.6. The maximum atomic E-state index is 14.3. The molecule has 0 spiro atoms. The molecule has 0 amide bonds. The molecule has 3 aromatic rings. The molecule has 0 radical (unpaired) electrons. The Morgan fingerprint density at radius 2 is 1.19 bits per heavy atom. The van der Waals surface area contributed by atoms with Crippen molar-refractivity contribution in [1.82, 2.24) is 0 Å². The van der Waals surface area contributed by atoms with Crippen LogP contribution < -0.4 is 15.9 Å². The molecule has 3 aromatic carbocycles. The van der Waals surface area contributed by atoms with Gasteiger partial charge in [0.2, 0.25) is 5.83 Å². The monoisotopic (exact) mass is 379 g/mol. The van der Waals surface area contributed by atoms with E-state index < -0.39 is 19.1 Å². The van der Waals surface area contributed by atoms with E-state index in [4.69, 9.17) is 0 Å². The molecule has 0 aliphatic rings. The number of hydrogen-bond donors (Lipinski definition) is 0. The highest BCUT2D eigenvalue weighted by atomic mass is 31.2. The van der Waals surface area contributed by atoms with Gasteiger partial charge in [-0.15, -0.1) is 0 Å². The van der Waals surface area contributed by atoms with Crippen molar-refractivity contribution in [3.63, 3.8) is 0 Å². The molecule has 0 aromatic heterocycles. The van der Waals surface area contributed by atoms with E-state index in [9.17, 15) is 9.18 Å². The van der Waals surface area contributed by atoms with Crippen molar-refractivity contribution in [3.8, 4) is 0 Å². The van der Waals surface area contributed by atoms with Crippen molar-refractivity contribution in [3.05, 3.63) is 103 Å². The Morgan fingerprint density at radius 1 is 0.815 bits per heavy atom. The standard InChI is InChI=1S/C23H21FO2P/c1-26-23(25)22(24)17-18-27(19-11-5-2-6-12-19,20-13-7-3-8-14-20)21-15-9-4-10-16-21/h2-17H,18H2,1H3/q+1. The summed E-state index contributed by atoms with van der Waals surface area (Å²) in [4.78, 5) is 11.6. The second-order valence-corrected chi connectivity index (χ2v) is 9.58. The Labute approximate surface area is 159 Å². The van der Waals surface area contributed by atoms with Crippen molar-refractivity contribution in [2.45, 2.75) is 0 Å². The lowest BCUT2D eigenvalue weighted by molar-refractivity contribution is -0.137. The average molecular weight is 379 g/mol. The van der Waals surface area contributed by atoms with Crippen molar-refractivity contribution in [1.29, 1.82) is 0 Å². The number of esters is 1. The summed E-state index contributed by atoms with van der Waals surface area (Å²) in [5.74, 6) is -1.80. The van der Waals surface area contributed by atoms with Crippen LogP contribution in [0.25, 0.3) is 0 Å². The Balaban J connectivity index is 2.24. The molecule has 0 N–H and O–H groups in total. The van der Waals surface area contributed by atoms with E-state index in [0.717, 1.165) is 15.9 Å². The Kier molecular flexibility index (Phi) is 6.16. The molecule has 0 saturated heterocycles. The van der Waals surface area contributed by atoms with E-state index in [-0.39, 0.29) is 0 Å². The number of rotatable bonds is 6. The fourth-order valence-corrected chi connectivity index (χ4v) is 7.21. The molecule has 0 heterocycles. The molecular formula is C23H21FO2P+. The van der Waals surface area contributed by atoms with E-state index >= 15 is 0 Å². The van der Waals surface area contributed by atoms with Crippen molar-refractivity contribution < 1.29 is 13.9 Å². The molecule has 3 rings (SSSR count). The summed E-state index contributed by atoms with van der Waals surface area (Å²) in [6.07, 6.45) is 1.76. The number of allylic oxidation sites excluding steroid dienone is 1. The minimum Gasteiger partial charge on any atom is -0.464 e. The molecule has 4 heteroatoms. The predicted octanol–water partition coefficient (Wildman–Crippen LogP) is 4.01. The zero-order valence-electron chi connectivity index (χ0n) is 15.1. The topological polar surface area (TPSA) is 26.3 Å². The Hall–Kier alpha value is -2.77. The SMILES string of the molecule is COC(=O)C(F)=CC[P+](c1ccccc1)(c1ccccc1)c1ccccc1. The molecule has 0 saturated carbocycles. The highest BCUT2D eigenvalue weighted by Crippen LogP contribution is 2.55. The Bertz CT molecular complexity index is 812. The van der Waals surface area contributed by atoms with Gasteiger partial charge in [0.05, 0.1) is 13.3 Å². The minimum atomic E-state index is -2.18. The van der Waals surface area contributed by atoms with Crippen LogP contribution in [-0.4, -0.2) is 19.2 Å². The summed E-state index contributed by atoms with van der Waals surface area (Å²) in [6.45, 7) is 0. The zero-order chi connectivity index (χ0) is 19.1. The maximum absolute atomic E-state index is 14.3. The van der Waals surface area contributed by atoms with Gasteiger partial charge < -0.3 is 4.74 Å². The van der Waals surface area contributed by atoms with Gasteiger partial charge in [0.1, 0.15) is 23.2 Å². The minimum absolute atomic E-state index is 0.395. The second-order valence-electron chi connectivity index (χ2n) is 6.04. The van der Waals surface area contributed by atoms with E-state index in [0.29, 0.717) is 6.16 Å². The van der Waals surface area contributed by atoms with Gasteiger partial charge in [-0.3, -0.25) is 0 Å². The predicted molar refractivity (Wildman–Crippen MR) is 111 cm³/mol. The first kappa shape index (κ1) is 19.0. The summed E-state index contributed by atoms with van der Waals surface area (Å²) in [5, 5.41) is 3.41. The first-order valence-electron chi connectivity index (χ1n) is 8.67. The molecular weight excluding hydrogens is 358 g/mol. The lowest BCUT2D eigenvalue weighted by atomic mass is 10.4. The third-order valence-electron chi connectivity index (χ3n) is 4.52. The van der Waals surface area contributed by atoms with Crippen molar-refractivity contribution in [2.75, 3.05) is 13.3 Å². The van der Waals surface area contributed by atoms with Gasteiger partial charge in [-0.1, -0.05) is 54.6 Å². The quantitative estimate of drug-likeness (QED) is 0.368. The fraction of sp³-hybridized carbons (Fsp3) is 0.0870. The number of ether oxygens (including phenoxy) is 1. The third-order valence-corrected chi connectivity index (χ3v) is 8.79. The summed E-state index contributed by atoms with van der Waals surface area (Å²) in [7, 11) is -0.997. The number of carbonyl (C=O) groups is 1. The number of methoxy groups -OCH3 is 1. The zero-order valence-corrected chi connectivity index (χ0v) is 16.0. The normalized spacial score (nSPS) is 11.9. The molecule has 2 nitrogen and oxygen atoms in total. The lowest BCUT2D eigenvalue weighted by Gasteiger charge is -2.26. The molecule has 0 atom stereocenters. The average Bonchev–Trinajstić information content (AvgIpc) is 2.75. The van der Waals surface area contributed by atoms with Crippen LogP contribution >= 0.6 is 7.26 Å². The smallest absolute Gasteiger partial charge is 0.366 e. The fourth-order valence-electron chi connectivity index (χ4n) is 3.21. The highest BCUT2D eigenvalue weighted by Gasteiger charge is 2.44. The van der Waals surface area contributed by atoms with Crippen LogP contribution in [-0.2, 0) is 9.53 Å². The van der Waals surface area contributed by atoms with Gasteiger partial charge in [0, 0.05) is 0 Å². The summed E-state index contributed by atoms with van der Waals surface area (Å²) in [6, 6.07) is 30.4. The van der Waals surface area contributed by atoms with Gasteiger partial charge in [0.25, 0.3) is 0 Å². The van der Waals surface area contributed by atoms with Gasteiger partial charge in [-0.05, 0) is 42.5 Å². The second kappa shape index (κ2) is 8.75. The lowest BCUT2D eigenvalue weighted by Crippen LogP contribution is -2.33. The van der Waals surface area contributed by atoms with Gasteiger partial charge in [-0.25, -0.2) is 4.79 Å². The van der Waals surface area contributed by atoms with E-state index in [2.05, 4.69) is 41.1 Å². The van der Waals surface area contributed by atoms with Crippen molar-refractivity contribution >= 4 is 29.1 Å². The third kappa shape index (κ3) is 3.99. The van der Waals surface area contributed by atoms with Gasteiger partial charge in [0.15, 0.2) is 0 Å². The Morgan fingerprint density at radius 3 is 1.52 bits per heavy atom. The first-order chi connectivity index (χ1) is 13.2. The van der Waals surface area contributed by atoms with Crippen molar-refractivity contribution in [2.24, 2.45) is 0 Å². The van der Waals surface area contributed by atoms with E-state index in [1.165, 1.54) is 13.2 Å². The largest absolute Gasteiger partial charge is 0.464 e.